The molecular formula is C25H25NO3S. The summed E-state index contributed by atoms with van der Waals surface area (Å²) in [5.74, 6) is 0.195. The number of nitrogens with zero attached hydrogens (tertiary/aromatic N) is 1. The molecule has 1 heterocycles. The minimum absolute atomic E-state index is 0.171. The normalized spacial score (nSPS) is 20.9. The van der Waals surface area contributed by atoms with E-state index in [9.17, 15) is 13.2 Å². The molecule has 3 atom stereocenters. The fourth-order valence-electron chi connectivity index (χ4n) is 3.78. The summed E-state index contributed by atoms with van der Waals surface area (Å²) in [6.07, 6.45) is 0. The fourth-order valence-corrected chi connectivity index (χ4v) is 5.50. The summed E-state index contributed by atoms with van der Waals surface area (Å²) in [6.45, 7) is 6.10. The van der Waals surface area contributed by atoms with Gasteiger partial charge < -0.3 is 0 Å². The van der Waals surface area contributed by atoms with E-state index in [0.29, 0.717) is 11.5 Å². The van der Waals surface area contributed by atoms with Gasteiger partial charge in [-0.2, -0.15) is 4.31 Å². The first-order chi connectivity index (χ1) is 14.3. The van der Waals surface area contributed by atoms with Crippen molar-refractivity contribution in [3.8, 4) is 0 Å². The quantitative estimate of drug-likeness (QED) is 0.412. The van der Waals surface area contributed by atoms with Crippen LogP contribution in [0.3, 0.4) is 0 Å². The summed E-state index contributed by atoms with van der Waals surface area (Å²) >= 11 is 0. The first kappa shape index (κ1) is 20.5. The van der Waals surface area contributed by atoms with Crippen LogP contribution in [0.1, 0.15) is 52.9 Å². The van der Waals surface area contributed by atoms with Crippen LogP contribution in [0, 0.1) is 6.92 Å². The molecule has 0 amide bonds. The number of Topliss-reactive ketones (excluding diaryl/α,β-unsaturated/α-hetero) is 1. The monoisotopic (exact) mass is 419 g/mol. The van der Waals surface area contributed by atoms with Crippen molar-refractivity contribution in [3.63, 3.8) is 0 Å². The molecule has 3 aromatic carbocycles. The molecule has 0 aliphatic carbocycles. The third kappa shape index (κ3) is 3.71. The molecule has 154 valence electrons. The highest BCUT2D eigenvalue weighted by atomic mass is 32.2. The van der Waals surface area contributed by atoms with Gasteiger partial charge in [-0.15, -0.1) is 0 Å². The molecule has 1 aliphatic heterocycles. The standard InChI is InChI=1S/C25H25NO3S/c1-17(2)19-11-13-21(14-12-19)25(27)24-23(20-7-5-4-6-8-20)26(24)30(28,29)22-15-9-18(3)10-16-22/h4-17,23-24H,1-3H3/t23-,24+,26?/m0/s1. The molecule has 4 rings (SSSR count). The largest absolute Gasteiger partial charge is 0.292 e. The molecule has 0 bridgehead atoms. The lowest BCUT2D eigenvalue weighted by atomic mass is 9.98. The van der Waals surface area contributed by atoms with E-state index in [-0.39, 0.29) is 10.7 Å². The number of aryl methyl sites for hydroxylation is 1. The number of hydrogen-bond donors (Lipinski definition) is 0. The van der Waals surface area contributed by atoms with Crippen molar-refractivity contribution in [2.45, 2.75) is 43.7 Å². The van der Waals surface area contributed by atoms with Crippen LogP contribution < -0.4 is 0 Å². The number of carbonyl (C=O) groups is 1. The molecule has 4 nitrogen and oxygen atoms in total. The molecule has 0 aromatic heterocycles. The van der Waals surface area contributed by atoms with Crippen LogP contribution in [-0.4, -0.2) is 24.5 Å². The Bertz CT molecular complexity index is 1150. The molecule has 0 saturated carbocycles. The predicted molar refractivity (Wildman–Crippen MR) is 118 cm³/mol. The molecule has 1 aliphatic rings. The highest BCUT2D eigenvalue weighted by Gasteiger charge is 2.60. The average molecular weight is 420 g/mol. The Hall–Kier alpha value is -2.76. The second-order valence-electron chi connectivity index (χ2n) is 8.09. The smallest absolute Gasteiger partial charge is 0.244 e. The lowest BCUT2D eigenvalue weighted by Crippen LogP contribution is -2.19. The highest BCUT2D eigenvalue weighted by Crippen LogP contribution is 2.49. The highest BCUT2D eigenvalue weighted by molar-refractivity contribution is 7.89. The molecule has 3 aromatic rings. The van der Waals surface area contributed by atoms with Crippen LogP contribution in [0.5, 0.6) is 0 Å². The SMILES string of the molecule is Cc1ccc(S(=O)(=O)N2[C@@H](C(=O)c3ccc(C(C)C)cc3)[C@@H]2c2ccccc2)cc1. The van der Waals surface area contributed by atoms with Gasteiger partial charge in [-0.1, -0.05) is 86.1 Å². The number of hydrogen-bond acceptors (Lipinski definition) is 3. The van der Waals surface area contributed by atoms with Crippen molar-refractivity contribution in [2.75, 3.05) is 0 Å². The van der Waals surface area contributed by atoms with E-state index in [2.05, 4.69) is 13.8 Å². The van der Waals surface area contributed by atoms with Gasteiger partial charge in [0.2, 0.25) is 10.0 Å². The van der Waals surface area contributed by atoms with Gasteiger partial charge in [0.1, 0.15) is 6.04 Å². The van der Waals surface area contributed by atoms with Gasteiger partial charge in [-0.25, -0.2) is 8.42 Å². The number of carbonyl (C=O) groups excluding carboxylic acids is 1. The molecule has 30 heavy (non-hydrogen) atoms. The Morgan fingerprint density at radius 1 is 0.867 bits per heavy atom. The number of ketones is 1. The van der Waals surface area contributed by atoms with Crippen molar-refractivity contribution < 1.29 is 13.2 Å². The molecule has 5 heteroatoms. The average Bonchev–Trinajstić information content (AvgIpc) is 3.51. The topological polar surface area (TPSA) is 54.2 Å². The Balaban J connectivity index is 1.71. The van der Waals surface area contributed by atoms with Crippen LogP contribution in [0.4, 0.5) is 0 Å². The van der Waals surface area contributed by atoms with Gasteiger partial charge in [0.15, 0.2) is 5.78 Å². The zero-order chi connectivity index (χ0) is 21.5. The van der Waals surface area contributed by atoms with Gasteiger partial charge in [0.05, 0.1) is 10.9 Å². The Labute approximate surface area is 178 Å². The van der Waals surface area contributed by atoms with Crippen molar-refractivity contribution >= 4 is 15.8 Å². The molecule has 0 N–H and O–H groups in total. The Morgan fingerprint density at radius 2 is 1.47 bits per heavy atom. The summed E-state index contributed by atoms with van der Waals surface area (Å²) < 4.78 is 28.0. The van der Waals surface area contributed by atoms with Crippen LogP contribution >= 0.6 is 0 Å². The van der Waals surface area contributed by atoms with Crippen molar-refractivity contribution in [1.82, 2.24) is 4.31 Å². The minimum atomic E-state index is -3.79. The first-order valence-electron chi connectivity index (χ1n) is 10.1. The number of sulfonamides is 1. The molecule has 0 spiro atoms. The maximum atomic E-state index is 13.4. The molecule has 0 radical (unpaired) electrons. The van der Waals surface area contributed by atoms with Crippen molar-refractivity contribution in [3.05, 3.63) is 101 Å². The van der Waals surface area contributed by atoms with Gasteiger partial charge in [-0.3, -0.25) is 4.79 Å². The van der Waals surface area contributed by atoms with E-state index in [1.807, 2.05) is 49.4 Å². The second-order valence-corrected chi connectivity index (χ2v) is 9.93. The molecular weight excluding hydrogens is 394 g/mol. The summed E-state index contributed by atoms with van der Waals surface area (Å²) in [5.41, 5.74) is 3.49. The van der Waals surface area contributed by atoms with E-state index in [4.69, 9.17) is 0 Å². The van der Waals surface area contributed by atoms with Crippen LogP contribution in [-0.2, 0) is 10.0 Å². The van der Waals surface area contributed by atoms with Gasteiger partial charge in [0, 0.05) is 5.56 Å². The van der Waals surface area contributed by atoms with E-state index in [1.54, 1.807) is 36.4 Å². The third-order valence-corrected chi connectivity index (χ3v) is 7.50. The lowest BCUT2D eigenvalue weighted by molar-refractivity contribution is 0.0981. The van der Waals surface area contributed by atoms with Crippen molar-refractivity contribution in [2.24, 2.45) is 0 Å². The summed E-state index contributed by atoms with van der Waals surface area (Å²) in [6, 6.07) is 22.4. The maximum Gasteiger partial charge on any atom is 0.244 e. The van der Waals surface area contributed by atoms with Crippen LogP contribution in [0.2, 0.25) is 0 Å². The van der Waals surface area contributed by atoms with Gasteiger partial charge >= 0.3 is 0 Å². The molecule has 1 fully saturated rings. The van der Waals surface area contributed by atoms with E-state index >= 15 is 0 Å². The molecule has 1 unspecified atom stereocenters. The number of rotatable bonds is 6. The zero-order valence-electron chi connectivity index (χ0n) is 17.3. The predicted octanol–water partition coefficient (Wildman–Crippen LogP) is 5.12. The van der Waals surface area contributed by atoms with Gasteiger partial charge in [-0.05, 0) is 36.1 Å². The third-order valence-electron chi connectivity index (χ3n) is 5.63. The van der Waals surface area contributed by atoms with Crippen LogP contribution in [0.25, 0.3) is 0 Å². The summed E-state index contributed by atoms with van der Waals surface area (Å²) in [7, 11) is -3.79. The fraction of sp³-hybridized carbons (Fsp3) is 0.240. The Morgan fingerprint density at radius 3 is 2.03 bits per heavy atom. The van der Waals surface area contributed by atoms with E-state index < -0.39 is 22.1 Å². The second kappa shape index (κ2) is 7.82. The number of benzene rings is 3. The zero-order valence-corrected chi connectivity index (χ0v) is 18.1. The van der Waals surface area contributed by atoms with Gasteiger partial charge in [0.25, 0.3) is 0 Å². The van der Waals surface area contributed by atoms with Crippen molar-refractivity contribution in [1.29, 1.82) is 0 Å². The maximum absolute atomic E-state index is 13.4. The first-order valence-corrected chi connectivity index (χ1v) is 11.5. The lowest BCUT2D eigenvalue weighted by Gasteiger charge is -2.08. The van der Waals surface area contributed by atoms with E-state index in [0.717, 1.165) is 16.7 Å². The molecule has 1 saturated heterocycles. The Kier molecular flexibility index (Phi) is 5.35. The summed E-state index contributed by atoms with van der Waals surface area (Å²) in [5, 5.41) is 0. The van der Waals surface area contributed by atoms with Crippen LogP contribution in [0.15, 0.2) is 83.8 Å². The minimum Gasteiger partial charge on any atom is -0.292 e. The summed E-state index contributed by atoms with van der Waals surface area (Å²) in [4.78, 5) is 13.5. The van der Waals surface area contributed by atoms with E-state index in [1.165, 1.54) is 4.31 Å².